The fraction of sp³-hybridized carbons (Fsp3) is 0.105. The molecular weight excluding hydrogens is 314 g/mol. The number of aromatic nitrogens is 4. The molecule has 0 fully saturated rings. The van der Waals surface area contributed by atoms with Crippen molar-refractivity contribution in [3.8, 4) is 17.0 Å². The Hall–Kier alpha value is -3.41. The van der Waals surface area contributed by atoms with Crippen LogP contribution in [0.1, 0.15) is 5.56 Å². The minimum Gasteiger partial charge on any atom is -0.497 e. The van der Waals surface area contributed by atoms with Crippen molar-refractivity contribution in [3.05, 3.63) is 72.7 Å². The van der Waals surface area contributed by atoms with E-state index in [-0.39, 0.29) is 0 Å². The maximum Gasteiger partial charge on any atom is 0.154 e. The monoisotopic (exact) mass is 331 g/mol. The molecule has 0 aliphatic rings. The highest BCUT2D eigenvalue weighted by Gasteiger charge is 2.09. The number of methoxy groups -OCH3 is 1. The van der Waals surface area contributed by atoms with E-state index in [9.17, 15) is 0 Å². The molecule has 124 valence electrons. The van der Waals surface area contributed by atoms with Crippen molar-refractivity contribution in [1.82, 2.24) is 19.6 Å². The number of imidazole rings is 1. The molecule has 0 bridgehead atoms. The van der Waals surface area contributed by atoms with E-state index in [0.29, 0.717) is 6.54 Å². The number of fused-ring (bicyclic) bond motifs is 1. The van der Waals surface area contributed by atoms with Crippen molar-refractivity contribution in [1.29, 1.82) is 0 Å². The van der Waals surface area contributed by atoms with Crippen molar-refractivity contribution in [2.45, 2.75) is 6.54 Å². The fourth-order valence-electron chi connectivity index (χ4n) is 2.64. The number of rotatable bonds is 5. The minimum absolute atomic E-state index is 0.685. The lowest BCUT2D eigenvalue weighted by Crippen LogP contribution is -2.04. The van der Waals surface area contributed by atoms with E-state index >= 15 is 0 Å². The molecule has 4 aromatic rings. The molecule has 0 aliphatic carbocycles. The Morgan fingerprint density at radius 3 is 2.80 bits per heavy atom. The van der Waals surface area contributed by atoms with Gasteiger partial charge in [-0.15, -0.1) is 5.10 Å². The standard InChI is InChI=1S/C19H17N5O/c1-25-16-4-2-3-15(11-16)17-13-22-19-6-5-18(23-24(17)19)21-12-14-7-9-20-10-8-14/h2-11,13H,12H2,1H3,(H,21,23). The Morgan fingerprint density at radius 1 is 1.08 bits per heavy atom. The van der Waals surface area contributed by atoms with Crippen molar-refractivity contribution in [3.63, 3.8) is 0 Å². The van der Waals surface area contributed by atoms with E-state index in [1.54, 1.807) is 19.5 Å². The summed E-state index contributed by atoms with van der Waals surface area (Å²) in [4.78, 5) is 8.46. The zero-order valence-electron chi connectivity index (χ0n) is 13.8. The van der Waals surface area contributed by atoms with E-state index in [4.69, 9.17) is 4.74 Å². The van der Waals surface area contributed by atoms with Gasteiger partial charge in [0.25, 0.3) is 0 Å². The number of ether oxygens (including phenoxy) is 1. The van der Waals surface area contributed by atoms with Gasteiger partial charge in [-0.2, -0.15) is 0 Å². The van der Waals surface area contributed by atoms with Crippen LogP contribution in [0.15, 0.2) is 67.1 Å². The van der Waals surface area contributed by atoms with Crippen LogP contribution in [0.25, 0.3) is 16.9 Å². The number of nitrogens with one attached hydrogen (secondary N) is 1. The number of nitrogens with zero attached hydrogens (tertiary/aromatic N) is 4. The van der Waals surface area contributed by atoms with Crippen molar-refractivity contribution in [2.75, 3.05) is 12.4 Å². The molecule has 25 heavy (non-hydrogen) atoms. The Kier molecular flexibility index (Phi) is 4.00. The van der Waals surface area contributed by atoms with Gasteiger partial charge in [0, 0.05) is 24.5 Å². The number of pyridine rings is 1. The maximum atomic E-state index is 5.31. The molecule has 0 amide bonds. The Morgan fingerprint density at radius 2 is 1.96 bits per heavy atom. The molecule has 0 saturated heterocycles. The lowest BCUT2D eigenvalue weighted by molar-refractivity contribution is 0.415. The third kappa shape index (κ3) is 3.14. The van der Waals surface area contributed by atoms with E-state index in [1.807, 2.05) is 59.2 Å². The molecule has 0 spiro atoms. The first-order chi connectivity index (χ1) is 12.3. The molecular formula is C19H17N5O. The van der Waals surface area contributed by atoms with Crippen LogP contribution in [0, 0.1) is 0 Å². The summed E-state index contributed by atoms with van der Waals surface area (Å²) in [5.74, 6) is 1.59. The molecule has 0 unspecified atom stereocenters. The van der Waals surface area contributed by atoms with Gasteiger partial charge in [-0.1, -0.05) is 12.1 Å². The van der Waals surface area contributed by atoms with Crippen molar-refractivity contribution >= 4 is 11.5 Å². The zero-order chi connectivity index (χ0) is 17.1. The lowest BCUT2D eigenvalue weighted by atomic mass is 10.1. The largest absolute Gasteiger partial charge is 0.497 e. The Bertz CT molecular complexity index is 997. The number of hydrogen-bond acceptors (Lipinski definition) is 5. The highest BCUT2D eigenvalue weighted by molar-refractivity contribution is 5.65. The van der Waals surface area contributed by atoms with Gasteiger partial charge in [0.1, 0.15) is 11.6 Å². The quantitative estimate of drug-likeness (QED) is 0.607. The SMILES string of the molecule is COc1cccc(-c2cnc3ccc(NCc4ccncc4)nn23)c1. The Labute approximate surface area is 145 Å². The van der Waals surface area contributed by atoms with Gasteiger partial charge in [-0.05, 0) is 42.0 Å². The van der Waals surface area contributed by atoms with Crippen LogP contribution in [-0.2, 0) is 6.54 Å². The first kappa shape index (κ1) is 15.1. The van der Waals surface area contributed by atoms with E-state index in [0.717, 1.165) is 34.0 Å². The summed E-state index contributed by atoms with van der Waals surface area (Å²) in [6, 6.07) is 15.7. The normalized spacial score (nSPS) is 10.8. The maximum absolute atomic E-state index is 5.31. The van der Waals surface area contributed by atoms with E-state index in [2.05, 4.69) is 20.4 Å². The van der Waals surface area contributed by atoms with Crippen LogP contribution >= 0.6 is 0 Å². The first-order valence-corrected chi connectivity index (χ1v) is 7.95. The molecule has 4 rings (SSSR count). The van der Waals surface area contributed by atoms with Crippen LogP contribution in [0.5, 0.6) is 5.75 Å². The molecule has 0 radical (unpaired) electrons. The molecule has 3 aromatic heterocycles. The third-order valence-corrected chi connectivity index (χ3v) is 3.95. The predicted molar refractivity (Wildman–Crippen MR) is 96.5 cm³/mol. The molecule has 1 aromatic carbocycles. The highest BCUT2D eigenvalue weighted by atomic mass is 16.5. The van der Waals surface area contributed by atoms with Crippen LogP contribution in [-0.4, -0.2) is 26.7 Å². The predicted octanol–water partition coefficient (Wildman–Crippen LogP) is 3.41. The summed E-state index contributed by atoms with van der Waals surface area (Å²) < 4.78 is 7.15. The fourth-order valence-corrected chi connectivity index (χ4v) is 2.64. The van der Waals surface area contributed by atoms with Gasteiger partial charge in [0.15, 0.2) is 5.65 Å². The second-order valence-corrected chi connectivity index (χ2v) is 5.57. The van der Waals surface area contributed by atoms with E-state index < -0.39 is 0 Å². The van der Waals surface area contributed by atoms with Crippen molar-refractivity contribution < 1.29 is 4.74 Å². The molecule has 0 atom stereocenters. The summed E-state index contributed by atoms with van der Waals surface area (Å²) in [6.07, 6.45) is 5.39. The number of benzene rings is 1. The van der Waals surface area contributed by atoms with E-state index in [1.165, 1.54) is 0 Å². The molecule has 0 saturated carbocycles. The van der Waals surface area contributed by atoms with Gasteiger partial charge in [0.05, 0.1) is 19.0 Å². The summed E-state index contributed by atoms with van der Waals surface area (Å²) in [5.41, 5.74) is 3.87. The second kappa shape index (κ2) is 6.60. The van der Waals surface area contributed by atoms with Crippen LogP contribution < -0.4 is 10.1 Å². The number of hydrogen-bond donors (Lipinski definition) is 1. The van der Waals surface area contributed by atoms with Crippen LogP contribution in [0.4, 0.5) is 5.82 Å². The van der Waals surface area contributed by atoms with Crippen LogP contribution in [0.3, 0.4) is 0 Å². The lowest BCUT2D eigenvalue weighted by Gasteiger charge is -2.08. The smallest absolute Gasteiger partial charge is 0.154 e. The molecule has 1 N–H and O–H groups in total. The van der Waals surface area contributed by atoms with Gasteiger partial charge >= 0.3 is 0 Å². The minimum atomic E-state index is 0.685. The van der Waals surface area contributed by atoms with Crippen molar-refractivity contribution in [2.24, 2.45) is 0 Å². The summed E-state index contributed by atoms with van der Waals surface area (Å²) in [7, 11) is 1.66. The average molecular weight is 331 g/mol. The molecule has 0 aliphatic heterocycles. The molecule has 6 nitrogen and oxygen atoms in total. The third-order valence-electron chi connectivity index (χ3n) is 3.95. The van der Waals surface area contributed by atoms with Gasteiger partial charge in [-0.3, -0.25) is 4.98 Å². The van der Waals surface area contributed by atoms with Gasteiger partial charge in [-0.25, -0.2) is 9.50 Å². The average Bonchev–Trinajstić information content (AvgIpc) is 3.10. The number of anilines is 1. The van der Waals surface area contributed by atoms with Crippen LogP contribution in [0.2, 0.25) is 0 Å². The summed E-state index contributed by atoms with van der Waals surface area (Å²) in [6.45, 7) is 0.685. The zero-order valence-corrected chi connectivity index (χ0v) is 13.8. The summed E-state index contributed by atoms with van der Waals surface area (Å²) >= 11 is 0. The summed E-state index contributed by atoms with van der Waals surface area (Å²) in [5, 5.41) is 8.00. The molecule has 3 heterocycles. The molecule has 6 heteroatoms. The first-order valence-electron chi connectivity index (χ1n) is 7.95. The van der Waals surface area contributed by atoms with Gasteiger partial charge in [0.2, 0.25) is 0 Å². The second-order valence-electron chi connectivity index (χ2n) is 5.57. The highest BCUT2D eigenvalue weighted by Crippen LogP contribution is 2.24. The van der Waals surface area contributed by atoms with Gasteiger partial charge < -0.3 is 10.1 Å². The topological polar surface area (TPSA) is 64.3 Å². The Balaban J connectivity index is 1.65.